The number of rotatable bonds is 10. The van der Waals surface area contributed by atoms with E-state index in [-0.39, 0.29) is 5.97 Å². The lowest BCUT2D eigenvalue weighted by Crippen LogP contribution is -2.08. The van der Waals surface area contributed by atoms with E-state index in [1.54, 1.807) is 0 Å². The summed E-state index contributed by atoms with van der Waals surface area (Å²) < 4.78 is 11.2. The Hall–Kier alpha value is -1.77. The fraction of sp³-hybridized carbons (Fsp3) is 0.609. The van der Waals surface area contributed by atoms with Crippen LogP contribution in [-0.4, -0.2) is 19.2 Å². The highest BCUT2D eigenvalue weighted by atomic mass is 16.5. The lowest BCUT2D eigenvalue weighted by molar-refractivity contribution is -0.137. The van der Waals surface area contributed by atoms with Crippen LogP contribution in [-0.2, 0) is 16.0 Å². The molecule has 0 aliphatic heterocycles. The van der Waals surface area contributed by atoms with Crippen molar-refractivity contribution in [1.29, 1.82) is 0 Å². The van der Waals surface area contributed by atoms with Gasteiger partial charge in [0.15, 0.2) is 0 Å². The minimum Gasteiger partial charge on any atom is -0.493 e. The van der Waals surface area contributed by atoms with Crippen LogP contribution in [0.5, 0.6) is 5.75 Å². The smallest absolute Gasteiger partial charge is 0.330 e. The summed E-state index contributed by atoms with van der Waals surface area (Å²) >= 11 is 0. The number of ether oxygens (including phenoxy) is 2. The number of hydrogen-bond donors (Lipinski definition) is 0. The molecular weight excluding hydrogens is 324 g/mol. The summed E-state index contributed by atoms with van der Waals surface area (Å²) in [5.74, 6) is 2.24. The third kappa shape index (κ3) is 7.63. The number of carbonyl (C=O) groups is 1. The molecule has 0 heterocycles. The molecule has 146 valence electrons. The van der Waals surface area contributed by atoms with Crippen molar-refractivity contribution in [3.63, 3.8) is 0 Å². The summed E-state index contributed by atoms with van der Waals surface area (Å²) in [5.41, 5.74) is 3.45. The van der Waals surface area contributed by atoms with Crippen LogP contribution in [0.3, 0.4) is 0 Å². The van der Waals surface area contributed by atoms with E-state index in [2.05, 4.69) is 53.7 Å². The van der Waals surface area contributed by atoms with Crippen LogP contribution in [0.25, 0.3) is 6.08 Å². The van der Waals surface area contributed by atoms with Gasteiger partial charge in [0.2, 0.25) is 0 Å². The second-order valence-corrected chi connectivity index (χ2v) is 7.97. The quantitative estimate of drug-likeness (QED) is 0.378. The van der Waals surface area contributed by atoms with Gasteiger partial charge in [0, 0.05) is 6.08 Å². The van der Waals surface area contributed by atoms with E-state index in [1.807, 2.05) is 13.0 Å². The Morgan fingerprint density at radius 3 is 2.31 bits per heavy atom. The van der Waals surface area contributed by atoms with Crippen molar-refractivity contribution in [2.75, 3.05) is 13.2 Å². The highest BCUT2D eigenvalue weighted by molar-refractivity contribution is 5.87. The largest absolute Gasteiger partial charge is 0.493 e. The van der Waals surface area contributed by atoms with E-state index in [0.717, 1.165) is 30.8 Å². The minimum absolute atomic E-state index is 0.304. The van der Waals surface area contributed by atoms with Crippen molar-refractivity contribution in [3.05, 3.63) is 34.9 Å². The molecule has 0 amide bonds. The highest BCUT2D eigenvalue weighted by Crippen LogP contribution is 2.34. The molecule has 0 atom stereocenters. The van der Waals surface area contributed by atoms with Crippen LogP contribution >= 0.6 is 0 Å². The Bertz CT molecular complexity index is 598. The first-order valence-corrected chi connectivity index (χ1v) is 9.89. The van der Waals surface area contributed by atoms with Crippen molar-refractivity contribution < 1.29 is 14.3 Å². The zero-order valence-electron chi connectivity index (χ0n) is 17.6. The van der Waals surface area contributed by atoms with Crippen LogP contribution in [0.4, 0.5) is 0 Å². The topological polar surface area (TPSA) is 35.5 Å². The molecule has 0 bridgehead atoms. The SMILES string of the molecule is CCOC(=O)/C=C/c1cc(CC(C)C)c(OCCC(C)C)c(C(C)C)c1. The van der Waals surface area contributed by atoms with Gasteiger partial charge in [-0.1, -0.05) is 41.5 Å². The maximum atomic E-state index is 11.6. The molecule has 0 spiro atoms. The molecule has 26 heavy (non-hydrogen) atoms. The molecule has 0 radical (unpaired) electrons. The first-order chi connectivity index (χ1) is 12.2. The highest BCUT2D eigenvalue weighted by Gasteiger charge is 2.16. The lowest BCUT2D eigenvalue weighted by Gasteiger charge is -2.21. The Labute approximate surface area is 159 Å². The summed E-state index contributed by atoms with van der Waals surface area (Å²) in [7, 11) is 0. The Balaban J connectivity index is 3.22. The fourth-order valence-electron chi connectivity index (χ4n) is 2.78. The number of carbonyl (C=O) groups excluding carboxylic acids is 1. The molecule has 1 aromatic rings. The molecule has 0 fully saturated rings. The van der Waals surface area contributed by atoms with Crippen molar-refractivity contribution in [2.24, 2.45) is 11.8 Å². The molecule has 0 aromatic heterocycles. The van der Waals surface area contributed by atoms with Gasteiger partial charge in [-0.25, -0.2) is 4.79 Å². The standard InChI is InChI=1S/C23H36O3/c1-8-25-22(24)10-9-19-14-20(13-17(4)5)23(21(15-19)18(6)7)26-12-11-16(2)3/h9-10,14-18H,8,11-13H2,1-7H3/b10-9+. The second kappa shape index (κ2) is 11.1. The third-order valence-electron chi connectivity index (χ3n) is 4.11. The lowest BCUT2D eigenvalue weighted by atomic mass is 9.92. The number of esters is 1. The van der Waals surface area contributed by atoms with Gasteiger partial charge in [-0.15, -0.1) is 0 Å². The van der Waals surface area contributed by atoms with Gasteiger partial charge in [0.25, 0.3) is 0 Å². The fourth-order valence-corrected chi connectivity index (χ4v) is 2.78. The maximum absolute atomic E-state index is 11.6. The number of hydrogen-bond acceptors (Lipinski definition) is 3. The van der Waals surface area contributed by atoms with Crippen LogP contribution in [0.15, 0.2) is 18.2 Å². The molecule has 0 unspecified atom stereocenters. The Kier molecular flexibility index (Phi) is 9.47. The van der Waals surface area contributed by atoms with E-state index < -0.39 is 0 Å². The normalized spacial score (nSPS) is 11.8. The van der Waals surface area contributed by atoms with E-state index in [4.69, 9.17) is 9.47 Å². The van der Waals surface area contributed by atoms with Crippen molar-refractivity contribution in [2.45, 2.75) is 67.2 Å². The molecule has 1 rings (SSSR count). The number of benzene rings is 1. The van der Waals surface area contributed by atoms with Crippen LogP contribution in [0, 0.1) is 11.8 Å². The summed E-state index contributed by atoms with van der Waals surface area (Å²) in [6, 6.07) is 4.28. The summed E-state index contributed by atoms with van der Waals surface area (Å²) in [5, 5.41) is 0. The summed E-state index contributed by atoms with van der Waals surface area (Å²) in [4.78, 5) is 11.6. The Morgan fingerprint density at radius 2 is 1.77 bits per heavy atom. The maximum Gasteiger partial charge on any atom is 0.330 e. The minimum atomic E-state index is -0.304. The zero-order valence-corrected chi connectivity index (χ0v) is 17.6. The molecule has 0 aliphatic carbocycles. The first-order valence-electron chi connectivity index (χ1n) is 9.89. The van der Waals surface area contributed by atoms with E-state index in [0.29, 0.717) is 24.4 Å². The van der Waals surface area contributed by atoms with Crippen LogP contribution in [0.2, 0.25) is 0 Å². The molecule has 0 N–H and O–H groups in total. The van der Waals surface area contributed by atoms with Crippen LogP contribution < -0.4 is 4.74 Å². The Morgan fingerprint density at radius 1 is 1.08 bits per heavy atom. The van der Waals surface area contributed by atoms with Gasteiger partial charge < -0.3 is 9.47 Å². The van der Waals surface area contributed by atoms with Gasteiger partial charge in [-0.3, -0.25) is 0 Å². The van der Waals surface area contributed by atoms with E-state index in [1.165, 1.54) is 17.2 Å². The monoisotopic (exact) mass is 360 g/mol. The van der Waals surface area contributed by atoms with Crippen molar-refractivity contribution in [3.8, 4) is 5.75 Å². The van der Waals surface area contributed by atoms with Crippen LogP contribution in [0.1, 0.15) is 77.5 Å². The second-order valence-electron chi connectivity index (χ2n) is 7.97. The molecule has 3 heteroatoms. The molecular formula is C23H36O3. The molecule has 1 aromatic carbocycles. The molecule has 0 aliphatic rings. The van der Waals surface area contributed by atoms with Gasteiger partial charge in [-0.2, -0.15) is 0 Å². The summed E-state index contributed by atoms with van der Waals surface area (Å²) in [6.45, 7) is 16.2. The molecule has 3 nitrogen and oxygen atoms in total. The summed E-state index contributed by atoms with van der Waals surface area (Å²) in [6.07, 6.45) is 5.34. The van der Waals surface area contributed by atoms with Crippen molar-refractivity contribution in [1.82, 2.24) is 0 Å². The average Bonchev–Trinajstić information content (AvgIpc) is 2.53. The predicted octanol–water partition coefficient (Wildman–Crippen LogP) is 6.01. The van der Waals surface area contributed by atoms with Gasteiger partial charge in [0.1, 0.15) is 5.75 Å². The molecule has 0 saturated heterocycles. The van der Waals surface area contributed by atoms with E-state index >= 15 is 0 Å². The van der Waals surface area contributed by atoms with Gasteiger partial charge in [-0.05, 0) is 72.4 Å². The molecule has 0 saturated carbocycles. The van der Waals surface area contributed by atoms with E-state index in [9.17, 15) is 4.79 Å². The predicted molar refractivity (Wildman–Crippen MR) is 110 cm³/mol. The third-order valence-corrected chi connectivity index (χ3v) is 4.11. The zero-order chi connectivity index (χ0) is 19.7. The van der Waals surface area contributed by atoms with Gasteiger partial charge >= 0.3 is 5.97 Å². The van der Waals surface area contributed by atoms with Crippen molar-refractivity contribution >= 4 is 12.0 Å². The van der Waals surface area contributed by atoms with Gasteiger partial charge in [0.05, 0.1) is 13.2 Å². The first kappa shape index (κ1) is 22.3. The average molecular weight is 361 g/mol.